The Bertz CT molecular complexity index is 1240. The molecular formula is C25H23N7O. The van der Waals surface area contributed by atoms with Gasteiger partial charge in [-0.1, -0.05) is 42.5 Å². The standard InChI is InChI=1S/C25H23N7O/c1-32-17-21(16-28-32)22-11-12-23(31-30-22)29-25(33)24(20-5-3-2-4-6-20)27-14-13-18-7-9-19(15-26)10-8-18/h2-12,16-17,24,27H,13-14H2,1H3,(H,29,31,33)/t24-/m1/s1. The van der Waals surface area contributed by atoms with Crippen LogP contribution in [0.3, 0.4) is 0 Å². The zero-order valence-corrected chi connectivity index (χ0v) is 18.1. The van der Waals surface area contributed by atoms with Crippen LogP contribution in [-0.2, 0) is 18.3 Å². The lowest BCUT2D eigenvalue weighted by Crippen LogP contribution is -2.34. The van der Waals surface area contributed by atoms with Gasteiger partial charge in [0, 0.05) is 25.4 Å². The minimum absolute atomic E-state index is 0.218. The van der Waals surface area contributed by atoms with Gasteiger partial charge in [-0.25, -0.2) is 0 Å². The Morgan fingerprint density at radius 3 is 2.48 bits per heavy atom. The van der Waals surface area contributed by atoms with E-state index in [0.717, 1.165) is 23.1 Å². The molecule has 2 aromatic heterocycles. The Morgan fingerprint density at radius 2 is 1.85 bits per heavy atom. The Labute approximate surface area is 191 Å². The zero-order valence-electron chi connectivity index (χ0n) is 18.1. The molecule has 4 aromatic rings. The first-order valence-electron chi connectivity index (χ1n) is 10.5. The van der Waals surface area contributed by atoms with Gasteiger partial charge in [-0.2, -0.15) is 10.4 Å². The number of nitriles is 1. The fourth-order valence-electron chi connectivity index (χ4n) is 3.42. The van der Waals surface area contributed by atoms with E-state index in [1.807, 2.05) is 55.7 Å². The van der Waals surface area contributed by atoms with Crippen LogP contribution < -0.4 is 10.6 Å². The summed E-state index contributed by atoms with van der Waals surface area (Å²) in [5.41, 5.74) is 4.11. The van der Waals surface area contributed by atoms with Gasteiger partial charge < -0.3 is 10.6 Å². The third-order valence-electron chi connectivity index (χ3n) is 5.16. The Morgan fingerprint density at radius 1 is 1.06 bits per heavy atom. The molecule has 2 N–H and O–H groups in total. The molecule has 2 aromatic carbocycles. The van der Waals surface area contributed by atoms with E-state index in [1.54, 1.807) is 35.1 Å². The molecule has 0 bridgehead atoms. The summed E-state index contributed by atoms with van der Waals surface area (Å²) in [7, 11) is 1.84. The number of rotatable bonds is 8. The molecule has 0 radical (unpaired) electrons. The molecule has 0 saturated heterocycles. The van der Waals surface area contributed by atoms with Gasteiger partial charge in [0.2, 0.25) is 5.91 Å². The van der Waals surface area contributed by atoms with E-state index in [-0.39, 0.29) is 5.91 Å². The van der Waals surface area contributed by atoms with E-state index < -0.39 is 6.04 Å². The van der Waals surface area contributed by atoms with E-state index in [4.69, 9.17) is 5.26 Å². The number of carbonyl (C=O) groups excluding carboxylic acids is 1. The second-order valence-electron chi connectivity index (χ2n) is 7.55. The highest BCUT2D eigenvalue weighted by molar-refractivity contribution is 5.94. The number of aromatic nitrogens is 4. The number of benzene rings is 2. The molecule has 0 aliphatic carbocycles. The number of anilines is 1. The molecule has 0 saturated carbocycles. The quantitative estimate of drug-likeness (QED) is 0.438. The van der Waals surface area contributed by atoms with Crippen molar-refractivity contribution in [2.75, 3.05) is 11.9 Å². The van der Waals surface area contributed by atoms with E-state index in [2.05, 4.69) is 32.0 Å². The van der Waals surface area contributed by atoms with Crippen LogP contribution in [0.15, 0.2) is 79.1 Å². The highest BCUT2D eigenvalue weighted by atomic mass is 16.2. The van der Waals surface area contributed by atoms with Gasteiger partial charge in [0.05, 0.1) is 23.5 Å². The van der Waals surface area contributed by atoms with Crippen molar-refractivity contribution < 1.29 is 4.79 Å². The molecule has 2 heterocycles. The van der Waals surface area contributed by atoms with Gasteiger partial charge in [0.1, 0.15) is 6.04 Å². The number of nitrogens with one attached hydrogen (secondary N) is 2. The molecule has 0 aliphatic heterocycles. The fourth-order valence-corrected chi connectivity index (χ4v) is 3.42. The summed E-state index contributed by atoms with van der Waals surface area (Å²) in [6, 6.07) is 22.1. The van der Waals surface area contributed by atoms with Crippen molar-refractivity contribution in [2.24, 2.45) is 7.05 Å². The zero-order chi connectivity index (χ0) is 23.0. The molecule has 164 valence electrons. The molecule has 8 heteroatoms. The second kappa shape index (κ2) is 10.3. The van der Waals surface area contributed by atoms with Crippen molar-refractivity contribution in [3.8, 4) is 17.3 Å². The predicted octanol–water partition coefficient (Wildman–Crippen LogP) is 3.26. The lowest BCUT2D eigenvalue weighted by atomic mass is 10.1. The SMILES string of the molecule is Cn1cc(-c2ccc(NC(=O)[C@H](NCCc3ccc(C#N)cc3)c3ccccc3)nn2)cn1. The Balaban J connectivity index is 1.42. The third-order valence-corrected chi connectivity index (χ3v) is 5.16. The number of hydrogen-bond donors (Lipinski definition) is 2. The van der Waals surface area contributed by atoms with E-state index in [0.29, 0.717) is 23.6 Å². The topological polar surface area (TPSA) is 109 Å². The van der Waals surface area contributed by atoms with E-state index in [9.17, 15) is 4.79 Å². The van der Waals surface area contributed by atoms with Gasteiger partial charge in [-0.3, -0.25) is 9.48 Å². The summed E-state index contributed by atoms with van der Waals surface area (Å²) in [5, 5.41) is 27.6. The van der Waals surface area contributed by atoms with Gasteiger partial charge in [-0.05, 0) is 41.8 Å². The number of aryl methyl sites for hydroxylation is 1. The van der Waals surface area contributed by atoms with Crippen LogP contribution in [0.2, 0.25) is 0 Å². The lowest BCUT2D eigenvalue weighted by Gasteiger charge is -2.18. The summed E-state index contributed by atoms with van der Waals surface area (Å²) < 4.78 is 1.70. The average Bonchev–Trinajstić information content (AvgIpc) is 3.29. The van der Waals surface area contributed by atoms with Gasteiger partial charge in [0.25, 0.3) is 0 Å². The summed E-state index contributed by atoms with van der Waals surface area (Å²) in [5.74, 6) is 0.159. The van der Waals surface area contributed by atoms with E-state index in [1.165, 1.54) is 0 Å². The first kappa shape index (κ1) is 21.9. The van der Waals surface area contributed by atoms with E-state index >= 15 is 0 Å². The van der Waals surface area contributed by atoms with Crippen LogP contribution in [0.4, 0.5) is 5.82 Å². The van der Waals surface area contributed by atoms with Crippen LogP contribution >= 0.6 is 0 Å². The molecule has 33 heavy (non-hydrogen) atoms. The van der Waals surface area contributed by atoms with Crippen molar-refractivity contribution >= 4 is 11.7 Å². The van der Waals surface area contributed by atoms with Crippen LogP contribution in [0.25, 0.3) is 11.3 Å². The second-order valence-corrected chi connectivity index (χ2v) is 7.55. The minimum atomic E-state index is -0.551. The van der Waals surface area contributed by atoms with Gasteiger partial charge in [0.15, 0.2) is 5.82 Å². The molecule has 0 fully saturated rings. The summed E-state index contributed by atoms with van der Waals surface area (Å²) in [6.07, 6.45) is 4.29. The summed E-state index contributed by atoms with van der Waals surface area (Å²) in [4.78, 5) is 13.1. The van der Waals surface area contributed by atoms with Gasteiger partial charge >= 0.3 is 0 Å². The number of nitrogens with zero attached hydrogens (tertiary/aromatic N) is 5. The molecule has 4 rings (SSSR count). The molecule has 0 aliphatic rings. The first-order chi connectivity index (χ1) is 16.1. The van der Waals surface area contributed by atoms with Crippen LogP contribution in [0.1, 0.15) is 22.7 Å². The highest BCUT2D eigenvalue weighted by Crippen LogP contribution is 2.18. The average molecular weight is 438 g/mol. The molecule has 0 spiro atoms. The maximum atomic E-state index is 13.1. The van der Waals surface area contributed by atoms with Crippen LogP contribution in [0, 0.1) is 11.3 Å². The van der Waals surface area contributed by atoms with Crippen molar-refractivity contribution in [1.29, 1.82) is 5.26 Å². The minimum Gasteiger partial charge on any atom is -0.308 e. The highest BCUT2D eigenvalue weighted by Gasteiger charge is 2.20. The fraction of sp³-hybridized carbons (Fsp3) is 0.160. The predicted molar refractivity (Wildman–Crippen MR) is 125 cm³/mol. The molecule has 1 atom stereocenters. The Kier molecular flexibility index (Phi) is 6.83. The smallest absolute Gasteiger partial charge is 0.247 e. The maximum Gasteiger partial charge on any atom is 0.247 e. The monoisotopic (exact) mass is 437 g/mol. The van der Waals surface area contributed by atoms with Crippen LogP contribution in [0.5, 0.6) is 0 Å². The number of hydrogen-bond acceptors (Lipinski definition) is 6. The summed E-state index contributed by atoms with van der Waals surface area (Å²) >= 11 is 0. The number of carbonyl (C=O) groups is 1. The maximum absolute atomic E-state index is 13.1. The van der Waals surface area contributed by atoms with Gasteiger partial charge in [-0.15, -0.1) is 10.2 Å². The van der Waals surface area contributed by atoms with Crippen molar-refractivity contribution in [3.63, 3.8) is 0 Å². The number of amides is 1. The third kappa shape index (κ3) is 5.67. The summed E-state index contributed by atoms with van der Waals surface area (Å²) in [6.45, 7) is 0.588. The molecule has 0 unspecified atom stereocenters. The Hall–Kier alpha value is -4.35. The van der Waals surface area contributed by atoms with Crippen molar-refractivity contribution in [3.05, 3.63) is 95.8 Å². The van der Waals surface area contributed by atoms with Crippen molar-refractivity contribution in [2.45, 2.75) is 12.5 Å². The lowest BCUT2D eigenvalue weighted by molar-refractivity contribution is -0.118. The molecule has 1 amide bonds. The van der Waals surface area contributed by atoms with Crippen molar-refractivity contribution in [1.82, 2.24) is 25.3 Å². The first-order valence-corrected chi connectivity index (χ1v) is 10.5. The van der Waals surface area contributed by atoms with Crippen LogP contribution in [-0.4, -0.2) is 32.4 Å². The normalized spacial score (nSPS) is 11.5. The largest absolute Gasteiger partial charge is 0.308 e. The molecule has 8 nitrogen and oxygen atoms in total. The molecular weight excluding hydrogens is 414 g/mol.